The standard InChI is InChI=1S/C17H17N3O/c1-12-6-14(4-3-5-18)9-15(7-12)17(21)20-16-8-13(2)10-19-11-16/h6-11H,5,18H2,1-2H3,(H,20,21). The minimum Gasteiger partial charge on any atom is -0.321 e. The number of anilines is 1. The smallest absolute Gasteiger partial charge is 0.255 e. The summed E-state index contributed by atoms with van der Waals surface area (Å²) in [7, 11) is 0. The van der Waals surface area contributed by atoms with Crippen molar-refractivity contribution < 1.29 is 4.79 Å². The van der Waals surface area contributed by atoms with E-state index in [1.165, 1.54) is 0 Å². The molecule has 0 atom stereocenters. The van der Waals surface area contributed by atoms with Gasteiger partial charge in [-0.3, -0.25) is 9.78 Å². The van der Waals surface area contributed by atoms with Gasteiger partial charge in [0.2, 0.25) is 0 Å². The molecule has 0 aliphatic rings. The number of rotatable bonds is 2. The third-order valence-corrected chi connectivity index (χ3v) is 2.81. The number of nitrogens with one attached hydrogen (secondary N) is 1. The van der Waals surface area contributed by atoms with Gasteiger partial charge >= 0.3 is 0 Å². The van der Waals surface area contributed by atoms with Gasteiger partial charge in [-0.05, 0) is 49.2 Å². The number of hydrogen-bond acceptors (Lipinski definition) is 3. The molecule has 2 aromatic rings. The van der Waals surface area contributed by atoms with Crippen LogP contribution >= 0.6 is 0 Å². The van der Waals surface area contributed by atoms with Crippen molar-refractivity contribution in [1.29, 1.82) is 0 Å². The Morgan fingerprint density at radius 1 is 1.19 bits per heavy atom. The van der Waals surface area contributed by atoms with Crippen LogP contribution in [0.15, 0.2) is 36.7 Å². The Balaban J connectivity index is 2.24. The van der Waals surface area contributed by atoms with E-state index in [9.17, 15) is 4.79 Å². The molecule has 4 nitrogen and oxygen atoms in total. The molecule has 0 saturated carbocycles. The SMILES string of the molecule is Cc1cncc(NC(=O)c2cc(C)cc(C#CCN)c2)c1. The lowest BCUT2D eigenvalue weighted by atomic mass is 10.1. The summed E-state index contributed by atoms with van der Waals surface area (Å²) in [6.07, 6.45) is 3.36. The second-order valence-electron chi connectivity index (χ2n) is 4.80. The average molecular weight is 279 g/mol. The molecule has 1 aromatic heterocycles. The molecule has 1 amide bonds. The predicted octanol–water partition coefficient (Wildman–Crippen LogP) is 2.26. The molecule has 2 rings (SSSR count). The summed E-state index contributed by atoms with van der Waals surface area (Å²) in [6, 6.07) is 7.38. The average Bonchev–Trinajstić information content (AvgIpc) is 2.44. The monoisotopic (exact) mass is 279 g/mol. The molecular weight excluding hydrogens is 262 g/mol. The Labute approximate surface area is 124 Å². The molecule has 0 bridgehead atoms. The normalized spacial score (nSPS) is 9.67. The molecule has 4 heteroatoms. The molecule has 1 heterocycles. The second-order valence-corrected chi connectivity index (χ2v) is 4.80. The van der Waals surface area contributed by atoms with Gasteiger partial charge in [0.1, 0.15) is 0 Å². The zero-order chi connectivity index (χ0) is 15.2. The molecule has 0 fully saturated rings. The van der Waals surface area contributed by atoms with Crippen LogP contribution in [-0.2, 0) is 0 Å². The minimum atomic E-state index is -0.179. The van der Waals surface area contributed by atoms with Gasteiger partial charge in [-0.2, -0.15) is 0 Å². The number of carbonyl (C=O) groups excluding carboxylic acids is 1. The van der Waals surface area contributed by atoms with Crippen molar-refractivity contribution >= 4 is 11.6 Å². The van der Waals surface area contributed by atoms with E-state index >= 15 is 0 Å². The van der Waals surface area contributed by atoms with E-state index in [4.69, 9.17) is 5.73 Å². The minimum absolute atomic E-state index is 0.179. The second kappa shape index (κ2) is 6.69. The van der Waals surface area contributed by atoms with E-state index in [2.05, 4.69) is 22.1 Å². The first-order chi connectivity index (χ1) is 10.1. The first kappa shape index (κ1) is 14.8. The van der Waals surface area contributed by atoms with Crippen LogP contribution in [0.1, 0.15) is 27.0 Å². The first-order valence-electron chi connectivity index (χ1n) is 6.62. The molecule has 0 saturated heterocycles. The van der Waals surface area contributed by atoms with Gasteiger partial charge in [0.25, 0.3) is 5.91 Å². The van der Waals surface area contributed by atoms with E-state index in [1.807, 2.05) is 32.0 Å². The molecule has 0 aliphatic carbocycles. The first-order valence-corrected chi connectivity index (χ1v) is 6.62. The molecule has 106 valence electrons. The molecule has 3 N–H and O–H groups in total. The summed E-state index contributed by atoms with van der Waals surface area (Å²) in [6.45, 7) is 4.15. The highest BCUT2D eigenvalue weighted by molar-refractivity contribution is 6.04. The summed E-state index contributed by atoms with van der Waals surface area (Å²) in [5.74, 6) is 5.56. The van der Waals surface area contributed by atoms with Crippen LogP contribution in [0.2, 0.25) is 0 Å². The fourth-order valence-corrected chi connectivity index (χ4v) is 1.97. The summed E-state index contributed by atoms with van der Waals surface area (Å²) in [5.41, 5.74) is 9.37. The predicted molar refractivity (Wildman–Crippen MR) is 84.0 cm³/mol. The van der Waals surface area contributed by atoms with Crippen LogP contribution in [-0.4, -0.2) is 17.4 Å². The lowest BCUT2D eigenvalue weighted by Gasteiger charge is -2.07. The van der Waals surface area contributed by atoms with Crippen LogP contribution in [0, 0.1) is 25.7 Å². The number of nitrogens with two attached hydrogens (primary N) is 1. The van der Waals surface area contributed by atoms with E-state index in [0.29, 0.717) is 17.8 Å². The van der Waals surface area contributed by atoms with Gasteiger partial charge in [0.05, 0.1) is 18.4 Å². The number of benzene rings is 1. The summed E-state index contributed by atoms with van der Waals surface area (Å²) >= 11 is 0. The van der Waals surface area contributed by atoms with Crippen molar-refractivity contribution in [2.24, 2.45) is 5.73 Å². The maximum atomic E-state index is 12.3. The van der Waals surface area contributed by atoms with Crippen molar-refractivity contribution in [3.8, 4) is 11.8 Å². The maximum Gasteiger partial charge on any atom is 0.255 e. The molecule has 21 heavy (non-hydrogen) atoms. The molecule has 0 aliphatic heterocycles. The van der Waals surface area contributed by atoms with Crippen LogP contribution in [0.25, 0.3) is 0 Å². The van der Waals surface area contributed by atoms with Gasteiger partial charge in [-0.15, -0.1) is 0 Å². The van der Waals surface area contributed by atoms with Gasteiger partial charge in [-0.1, -0.05) is 11.8 Å². The number of nitrogens with zero attached hydrogens (tertiary/aromatic N) is 1. The Kier molecular flexibility index (Phi) is 4.70. The molecular formula is C17H17N3O. The lowest BCUT2D eigenvalue weighted by molar-refractivity contribution is 0.102. The number of hydrogen-bond donors (Lipinski definition) is 2. The maximum absolute atomic E-state index is 12.3. The Morgan fingerprint density at radius 3 is 2.71 bits per heavy atom. The quantitative estimate of drug-likeness (QED) is 0.829. The lowest BCUT2D eigenvalue weighted by Crippen LogP contribution is -2.12. The van der Waals surface area contributed by atoms with Crippen molar-refractivity contribution in [2.75, 3.05) is 11.9 Å². The topological polar surface area (TPSA) is 68.0 Å². The van der Waals surface area contributed by atoms with Crippen molar-refractivity contribution in [1.82, 2.24) is 4.98 Å². The third-order valence-electron chi connectivity index (χ3n) is 2.81. The van der Waals surface area contributed by atoms with Crippen LogP contribution in [0.4, 0.5) is 5.69 Å². The van der Waals surface area contributed by atoms with Gasteiger partial charge < -0.3 is 11.1 Å². The van der Waals surface area contributed by atoms with Crippen molar-refractivity contribution in [3.63, 3.8) is 0 Å². The third kappa shape index (κ3) is 4.16. The largest absolute Gasteiger partial charge is 0.321 e. The number of aryl methyl sites for hydroxylation is 2. The highest BCUT2D eigenvalue weighted by Gasteiger charge is 2.08. The zero-order valence-corrected chi connectivity index (χ0v) is 12.1. The molecule has 0 radical (unpaired) electrons. The Hall–Kier alpha value is -2.64. The number of amides is 1. The highest BCUT2D eigenvalue weighted by Crippen LogP contribution is 2.13. The van der Waals surface area contributed by atoms with Crippen LogP contribution < -0.4 is 11.1 Å². The summed E-state index contributed by atoms with van der Waals surface area (Å²) in [5, 5.41) is 2.84. The van der Waals surface area contributed by atoms with E-state index < -0.39 is 0 Å². The summed E-state index contributed by atoms with van der Waals surface area (Å²) in [4.78, 5) is 16.3. The fourth-order valence-electron chi connectivity index (χ4n) is 1.97. The van der Waals surface area contributed by atoms with E-state index in [-0.39, 0.29) is 5.91 Å². The van der Waals surface area contributed by atoms with Gasteiger partial charge in [-0.25, -0.2) is 0 Å². The zero-order valence-electron chi connectivity index (χ0n) is 12.1. The van der Waals surface area contributed by atoms with Gasteiger partial charge in [0.15, 0.2) is 0 Å². The van der Waals surface area contributed by atoms with E-state index in [1.54, 1.807) is 18.5 Å². The Morgan fingerprint density at radius 2 is 2.00 bits per heavy atom. The molecule has 0 spiro atoms. The van der Waals surface area contributed by atoms with Crippen molar-refractivity contribution in [3.05, 3.63) is 58.9 Å². The number of pyridine rings is 1. The molecule has 1 aromatic carbocycles. The van der Waals surface area contributed by atoms with Gasteiger partial charge in [0, 0.05) is 17.3 Å². The number of carbonyl (C=O) groups is 1. The number of aromatic nitrogens is 1. The summed E-state index contributed by atoms with van der Waals surface area (Å²) < 4.78 is 0. The fraction of sp³-hybridized carbons (Fsp3) is 0.176. The van der Waals surface area contributed by atoms with E-state index in [0.717, 1.165) is 16.7 Å². The van der Waals surface area contributed by atoms with Crippen molar-refractivity contribution in [2.45, 2.75) is 13.8 Å². The highest BCUT2D eigenvalue weighted by atomic mass is 16.1. The van der Waals surface area contributed by atoms with Crippen LogP contribution in [0.3, 0.4) is 0 Å². The molecule has 0 unspecified atom stereocenters. The Bertz CT molecular complexity index is 726. The van der Waals surface area contributed by atoms with Crippen LogP contribution in [0.5, 0.6) is 0 Å².